The second-order valence-electron chi connectivity index (χ2n) is 6.38. The predicted molar refractivity (Wildman–Crippen MR) is 88.1 cm³/mol. The molecule has 4 nitrogen and oxygen atoms in total. The molecule has 1 N–H and O–H groups in total. The number of hydrogen-bond acceptors (Lipinski definition) is 4. The first-order chi connectivity index (χ1) is 10.9. The molecule has 0 fully saturated rings. The molecular weight excluding hydrogens is 313 g/mol. The first kappa shape index (κ1) is 16.0. The molecule has 0 radical (unpaired) electrons. The summed E-state index contributed by atoms with van der Waals surface area (Å²) in [6.07, 6.45) is 1.98. The van der Waals surface area contributed by atoms with Gasteiger partial charge < -0.3 is 5.11 Å². The second-order valence-corrected chi connectivity index (χ2v) is 7.49. The Kier molecular flexibility index (Phi) is 4.12. The van der Waals surface area contributed by atoms with Crippen LogP contribution in [0, 0.1) is 5.82 Å². The summed E-state index contributed by atoms with van der Waals surface area (Å²) in [6.45, 7) is 6.08. The van der Waals surface area contributed by atoms with Crippen molar-refractivity contribution >= 4 is 17.4 Å². The van der Waals surface area contributed by atoms with Crippen LogP contribution in [0.1, 0.15) is 32.2 Å². The molecule has 3 aromatic rings. The summed E-state index contributed by atoms with van der Waals surface area (Å²) in [6, 6.07) is 8.31. The molecule has 0 bridgehead atoms. The van der Waals surface area contributed by atoms with E-state index in [-0.39, 0.29) is 17.8 Å². The van der Waals surface area contributed by atoms with Crippen LogP contribution >= 0.6 is 11.8 Å². The van der Waals surface area contributed by atoms with Crippen LogP contribution in [0.2, 0.25) is 0 Å². The van der Waals surface area contributed by atoms with Crippen LogP contribution in [-0.2, 0) is 12.0 Å². The minimum atomic E-state index is -0.345. The number of aliphatic hydroxyl groups is 1. The van der Waals surface area contributed by atoms with Crippen molar-refractivity contribution in [1.29, 1.82) is 0 Å². The largest absolute Gasteiger partial charge is 0.392 e. The van der Waals surface area contributed by atoms with E-state index in [2.05, 4.69) is 31.0 Å². The number of halogens is 1. The quantitative estimate of drug-likeness (QED) is 0.793. The van der Waals surface area contributed by atoms with Gasteiger partial charge >= 0.3 is 0 Å². The van der Waals surface area contributed by atoms with Crippen LogP contribution in [0.25, 0.3) is 5.65 Å². The summed E-state index contributed by atoms with van der Waals surface area (Å²) in [4.78, 5) is 1.81. The highest BCUT2D eigenvalue weighted by Crippen LogP contribution is 2.32. The molecule has 0 saturated heterocycles. The summed E-state index contributed by atoms with van der Waals surface area (Å²) in [7, 11) is 0. The lowest BCUT2D eigenvalue weighted by Gasteiger charge is -2.16. The molecule has 0 saturated carbocycles. The zero-order valence-corrected chi connectivity index (χ0v) is 14.1. The maximum absolute atomic E-state index is 13.3. The van der Waals surface area contributed by atoms with Crippen LogP contribution in [0.15, 0.2) is 46.3 Å². The van der Waals surface area contributed by atoms with Crippen LogP contribution in [0.4, 0.5) is 4.39 Å². The number of hydrogen-bond donors (Lipinski definition) is 1. The Bertz CT molecular complexity index is 855. The molecule has 23 heavy (non-hydrogen) atoms. The van der Waals surface area contributed by atoms with Crippen LogP contribution in [0.3, 0.4) is 0 Å². The fourth-order valence-corrected chi connectivity index (χ4v) is 3.28. The van der Waals surface area contributed by atoms with Crippen molar-refractivity contribution in [3.05, 3.63) is 53.7 Å². The Morgan fingerprint density at radius 2 is 1.96 bits per heavy atom. The molecule has 120 valence electrons. The van der Waals surface area contributed by atoms with Gasteiger partial charge in [-0.15, -0.1) is 10.2 Å². The predicted octanol–water partition coefficient (Wildman–Crippen LogP) is 3.81. The number of rotatable bonds is 3. The van der Waals surface area contributed by atoms with Gasteiger partial charge in [0.2, 0.25) is 0 Å². The number of aromatic nitrogens is 3. The third kappa shape index (κ3) is 3.23. The van der Waals surface area contributed by atoms with E-state index in [1.54, 1.807) is 6.07 Å². The van der Waals surface area contributed by atoms with Gasteiger partial charge in [0.1, 0.15) is 11.6 Å². The highest BCUT2D eigenvalue weighted by molar-refractivity contribution is 7.99. The smallest absolute Gasteiger partial charge is 0.160 e. The third-order valence-corrected chi connectivity index (χ3v) is 4.56. The van der Waals surface area contributed by atoms with Gasteiger partial charge in [-0.25, -0.2) is 4.39 Å². The van der Waals surface area contributed by atoms with Gasteiger partial charge in [0.15, 0.2) is 5.65 Å². The van der Waals surface area contributed by atoms with Gasteiger partial charge in [0.05, 0.1) is 6.61 Å². The van der Waals surface area contributed by atoms with Gasteiger partial charge in [0.25, 0.3) is 0 Å². The van der Waals surface area contributed by atoms with Gasteiger partial charge in [-0.2, -0.15) is 0 Å². The maximum Gasteiger partial charge on any atom is 0.160 e. The fraction of sp³-hybridized carbons (Fsp3) is 0.294. The molecule has 0 amide bonds. The topological polar surface area (TPSA) is 50.4 Å². The Balaban J connectivity index is 2.01. The average Bonchev–Trinajstić information content (AvgIpc) is 2.92. The molecule has 0 spiro atoms. The van der Waals surface area contributed by atoms with E-state index in [1.165, 1.54) is 23.9 Å². The van der Waals surface area contributed by atoms with Gasteiger partial charge in [0, 0.05) is 21.4 Å². The highest BCUT2D eigenvalue weighted by Gasteiger charge is 2.21. The van der Waals surface area contributed by atoms with Gasteiger partial charge in [-0.3, -0.25) is 4.40 Å². The van der Waals surface area contributed by atoms with Crippen molar-refractivity contribution in [1.82, 2.24) is 14.6 Å². The number of pyridine rings is 1. The lowest BCUT2D eigenvalue weighted by atomic mass is 9.96. The number of aliphatic hydroxyl groups excluding tert-OH is 1. The van der Waals surface area contributed by atoms with E-state index in [4.69, 9.17) is 0 Å². The summed E-state index contributed by atoms with van der Waals surface area (Å²) >= 11 is 1.48. The molecule has 0 aliphatic carbocycles. The Morgan fingerprint density at radius 3 is 2.65 bits per heavy atom. The number of fused-ring (bicyclic) bond motifs is 1. The third-order valence-electron chi connectivity index (χ3n) is 3.47. The first-order valence-corrected chi connectivity index (χ1v) is 8.12. The molecule has 6 heteroatoms. The van der Waals surface area contributed by atoms with Crippen LogP contribution in [0.5, 0.6) is 0 Å². The van der Waals surface area contributed by atoms with Crippen molar-refractivity contribution in [2.75, 3.05) is 0 Å². The Morgan fingerprint density at radius 1 is 1.17 bits per heavy atom. The second kappa shape index (κ2) is 5.94. The molecule has 3 rings (SSSR count). The zero-order chi connectivity index (χ0) is 16.6. The van der Waals surface area contributed by atoms with Gasteiger partial charge in [-0.1, -0.05) is 32.5 Å². The van der Waals surface area contributed by atoms with Crippen molar-refractivity contribution in [3.8, 4) is 0 Å². The maximum atomic E-state index is 13.3. The first-order valence-electron chi connectivity index (χ1n) is 7.31. The lowest BCUT2D eigenvalue weighted by molar-refractivity contribution is 0.278. The number of benzene rings is 1. The van der Waals surface area contributed by atoms with E-state index < -0.39 is 0 Å². The summed E-state index contributed by atoms with van der Waals surface area (Å²) in [5.41, 5.74) is 1.25. The normalized spacial score (nSPS) is 12.0. The molecule has 2 heterocycles. The van der Waals surface area contributed by atoms with Crippen molar-refractivity contribution < 1.29 is 9.50 Å². The van der Waals surface area contributed by atoms with E-state index >= 15 is 0 Å². The minimum Gasteiger partial charge on any atom is -0.392 e. The summed E-state index contributed by atoms with van der Waals surface area (Å²) in [5.74, 6) is 0.541. The molecule has 2 aromatic heterocycles. The molecular formula is C17H18FN3OS. The molecule has 0 aliphatic rings. The molecule has 0 atom stereocenters. The van der Waals surface area contributed by atoms with E-state index in [1.807, 2.05) is 22.7 Å². The minimum absolute atomic E-state index is 0.116. The average molecular weight is 331 g/mol. The number of nitrogens with zero attached hydrogens (tertiary/aromatic N) is 3. The van der Waals surface area contributed by atoms with Crippen LogP contribution in [-0.4, -0.2) is 19.7 Å². The molecule has 0 unspecified atom stereocenters. The Hall–Kier alpha value is -1.92. The standard InChI is InChI=1S/C17H18FN3OS/c1-17(2,3)16-20-19-15-7-5-13(9-21(15)16)23-14-6-4-12(18)8-11(14)10-22/h4-9,22H,10H2,1-3H3. The molecule has 0 aliphatic heterocycles. The zero-order valence-electron chi connectivity index (χ0n) is 13.2. The van der Waals surface area contributed by atoms with E-state index in [0.717, 1.165) is 21.3 Å². The summed E-state index contributed by atoms with van der Waals surface area (Å²) < 4.78 is 15.3. The van der Waals surface area contributed by atoms with Crippen molar-refractivity contribution in [2.45, 2.75) is 42.6 Å². The summed E-state index contributed by atoms with van der Waals surface area (Å²) in [5, 5.41) is 17.9. The highest BCUT2D eigenvalue weighted by atomic mass is 32.2. The van der Waals surface area contributed by atoms with Crippen molar-refractivity contribution in [2.24, 2.45) is 0 Å². The van der Waals surface area contributed by atoms with Gasteiger partial charge in [-0.05, 0) is 35.9 Å². The molecule has 1 aromatic carbocycles. The van der Waals surface area contributed by atoms with E-state index in [0.29, 0.717) is 5.56 Å². The monoisotopic (exact) mass is 331 g/mol. The Labute approximate surface area is 138 Å². The van der Waals surface area contributed by atoms with Crippen LogP contribution < -0.4 is 0 Å². The van der Waals surface area contributed by atoms with Crippen molar-refractivity contribution in [3.63, 3.8) is 0 Å². The lowest BCUT2D eigenvalue weighted by Crippen LogP contribution is -2.15. The fourth-order valence-electron chi connectivity index (χ4n) is 2.34. The van der Waals surface area contributed by atoms with E-state index in [9.17, 15) is 9.50 Å². The SMILES string of the molecule is CC(C)(C)c1nnc2ccc(Sc3ccc(F)cc3CO)cn12.